The maximum atomic E-state index is 11.9. The maximum Gasteiger partial charge on any atom is 0.211 e. The molecule has 1 fully saturated rings. The van der Waals surface area contributed by atoms with Crippen LogP contribution in [0.4, 0.5) is 4.39 Å². The lowest BCUT2D eigenvalue weighted by Crippen LogP contribution is -2.44. The van der Waals surface area contributed by atoms with Gasteiger partial charge in [0.2, 0.25) is 10.0 Å². The molecule has 0 unspecified atom stereocenters. The minimum absolute atomic E-state index is 0.0355. The summed E-state index contributed by atoms with van der Waals surface area (Å²) in [5.74, 6) is -0.0961. The molecule has 16 heavy (non-hydrogen) atoms. The molecule has 96 valence electrons. The highest BCUT2D eigenvalue weighted by atomic mass is 32.2. The van der Waals surface area contributed by atoms with Gasteiger partial charge in [0, 0.05) is 11.3 Å². The molecule has 3 nitrogen and oxygen atoms in total. The third kappa shape index (κ3) is 4.59. The van der Waals surface area contributed by atoms with E-state index in [0.29, 0.717) is 5.25 Å². The smallest absolute Gasteiger partial charge is 0.211 e. The quantitative estimate of drug-likeness (QED) is 0.801. The maximum absolute atomic E-state index is 11.9. The number of rotatable bonds is 6. The first kappa shape index (κ1) is 14.3. The molecular formula is C10H20FNO2S2. The Kier molecular flexibility index (Phi) is 6.07. The number of hydrogen-bond acceptors (Lipinski definition) is 3. The van der Waals surface area contributed by atoms with Crippen LogP contribution in [0.1, 0.15) is 32.1 Å². The van der Waals surface area contributed by atoms with E-state index in [2.05, 4.69) is 4.72 Å². The fourth-order valence-electron chi connectivity index (χ4n) is 2.05. The van der Waals surface area contributed by atoms with Gasteiger partial charge in [-0.2, -0.15) is 11.8 Å². The zero-order valence-corrected chi connectivity index (χ0v) is 11.2. The summed E-state index contributed by atoms with van der Waals surface area (Å²) in [7, 11) is -3.29. The van der Waals surface area contributed by atoms with Gasteiger partial charge in [-0.3, -0.25) is 4.39 Å². The van der Waals surface area contributed by atoms with E-state index in [1.54, 1.807) is 11.8 Å². The topological polar surface area (TPSA) is 46.2 Å². The predicted octanol–water partition coefficient (Wildman–Crippen LogP) is 1.94. The molecule has 0 aliphatic heterocycles. The summed E-state index contributed by atoms with van der Waals surface area (Å²) in [5, 5.41) is 0.369. The molecular weight excluding hydrogens is 249 g/mol. The van der Waals surface area contributed by atoms with Crippen LogP contribution in [-0.2, 0) is 10.0 Å². The Bertz CT molecular complexity index is 295. The highest BCUT2D eigenvalue weighted by molar-refractivity contribution is 7.99. The average Bonchev–Trinajstić information content (AvgIpc) is 2.27. The van der Waals surface area contributed by atoms with Crippen LogP contribution >= 0.6 is 11.8 Å². The standard InChI is InChI=1S/C10H20FNO2S2/c1-15-10-6-3-2-5-9(10)12-16(13,14)8-4-7-11/h9-10,12H,2-8H2,1H3/t9-,10-/m0/s1. The van der Waals surface area contributed by atoms with Crippen LogP contribution in [-0.4, -0.2) is 38.4 Å². The van der Waals surface area contributed by atoms with Gasteiger partial charge < -0.3 is 0 Å². The normalized spacial score (nSPS) is 26.9. The molecule has 0 heterocycles. The van der Waals surface area contributed by atoms with Crippen molar-refractivity contribution in [3.63, 3.8) is 0 Å². The van der Waals surface area contributed by atoms with E-state index in [-0.39, 0.29) is 18.2 Å². The molecule has 1 N–H and O–H groups in total. The van der Waals surface area contributed by atoms with Crippen LogP contribution in [0, 0.1) is 0 Å². The lowest BCUT2D eigenvalue weighted by atomic mass is 9.96. The first-order chi connectivity index (χ1) is 7.59. The van der Waals surface area contributed by atoms with Crippen LogP contribution in [0.25, 0.3) is 0 Å². The zero-order valence-electron chi connectivity index (χ0n) is 9.62. The summed E-state index contributed by atoms with van der Waals surface area (Å²) >= 11 is 1.72. The van der Waals surface area contributed by atoms with Crippen molar-refractivity contribution in [1.82, 2.24) is 4.72 Å². The lowest BCUT2D eigenvalue weighted by molar-refractivity contribution is 0.421. The van der Waals surface area contributed by atoms with Crippen molar-refractivity contribution < 1.29 is 12.8 Å². The Hall–Kier alpha value is 0.190. The van der Waals surface area contributed by atoms with Gasteiger partial charge in [0.1, 0.15) is 0 Å². The highest BCUT2D eigenvalue weighted by Crippen LogP contribution is 2.27. The second kappa shape index (κ2) is 6.81. The molecule has 0 amide bonds. The van der Waals surface area contributed by atoms with Crippen LogP contribution in [0.15, 0.2) is 0 Å². The molecule has 1 aliphatic rings. The van der Waals surface area contributed by atoms with Crippen molar-refractivity contribution in [2.45, 2.75) is 43.4 Å². The van der Waals surface area contributed by atoms with Gasteiger partial charge in [0.25, 0.3) is 0 Å². The monoisotopic (exact) mass is 269 g/mol. The van der Waals surface area contributed by atoms with E-state index in [0.717, 1.165) is 19.3 Å². The third-order valence-electron chi connectivity index (χ3n) is 2.88. The van der Waals surface area contributed by atoms with Gasteiger partial charge in [-0.25, -0.2) is 13.1 Å². The lowest BCUT2D eigenvalue weighted by Gasteiger charge is -2.30. The molecule has 0 aromatic carbocycles. The molecule has 1 aliphatic carbocycles. The predicted molar refractivity (Wildman–Crippen MR) is 67.1 cm³/mol. The van der Waals surface area contributed by atoms with Gasteiger partial charge in [0.15, 0.2) is 0 Å². The van der Waals surface area contributed by atoms with Crippen molar-refractivity contribution in [2.75, 3.05) is 18.7 Å². The number of hydrogen-bond donors (Lipinski definition) is 1. The molecule has 1 rings (SSSR count). The number of alkyl halides is 1. The first-order valence-electron chi connectivity index (χ1n) is 5.68. The summed E-state index contributed by atoms with van der Waals surface area (Å²) in [4.78, 5) is 0. The van der Waals surface area contributed by atoms with Gasteiger partial charge in [-0.1, -0.05) is 12.8 Å². The van der Waals surface area contributed by atoms with Crippen LogP contribution in [0.2, 0.25) is 0 Å². The summed E-state index contributed by atoms with van der Waals surface area (Å²) in [6.45, 7) is -0.572. The summed E-state index contributed by atoms with van der Waals surface area (Å²) in [5.41, 5.74) is 0. The van der Waals surface area contributed by atoms with Gasteiger partial charge in [-0.15, -0.1) is 0 Å². The Balaban J connectivity index is 2.50. The molecule has 0 saturated heterocycles. The summed E-state index contributed by atoms with van der Waals surface area (Å²) in [6.07, 6.45) is 6.32. The molecule has 6 heteroatoms. The summed E-state index contributed by atoms with van der Waals surface area (Å²) < 4.78 is 37.9. The van der Waals surface area contributed by atoms with E-state index < -0.39 is 16.7 Å². The fourth-order valence-corrected chi connectivity index (χ4v) is 4.42. The largest absolute Gasteiger partial charge is 0.251 e. The van der Waals surface area contributed by atoms with Crippen LogP contribution in [0.5, 0.6) is 0 Å². The van der Waals surface area contributed by atoms with Gasteiger partial charge >= 0.3 is 0 Å². The molecule has 1 saturated carbocycles. The number of nitrogens with one attached hydrogen (secondary N) is 1. The Morgan fingerprint density at radius 3 is 2.69 bits per heavy atom. The molecule has 0 radical (unpaired) electrons. The van der Waals surface area contributed by atoms with E-state index in [1.807, 2.05) is 6.26 Å². The number of sulfonamides is 1. The van der Waals surface area contributed by atoms with Crippen molar-refractivity contribution in [3.8, 4) is 0 Å². The molecule has 0 bridgehead atoms. The second-order valence-corrected chi connectivity index (χ2v) is 7.09. The minimum Gasteiger partial charge on any atom is -0.251 e. The SMILES string of the molecule is CS[C@H]1CCCC[C@@H]1NS(=O)(=O)CCCF. The summed E-state index contributed by atoms with van der Waals surface area (Å²) in [6, 6.07) is 0.0355. The highest BCUT2D eigenvalue weighted by Gasteiger charge is 2.27. The fraction of sp³-hybridized carbons (Fsp3) is 1.00. The van der Waals surface area contributed by atoms with Crippen LogP contribution in [0.3, 0.4) is 0 Å². The number of halogens is 1. The second-order valence-electron chi connectivity index (χ2n) is 4.14. The molecule has 0 spiro atoms. The van der Waals surface area contributed by atoms with Crippen molar-refractivity contribution in [3.05, 3.63) is 0 Å². The van der Waals surface area contributed by atoms with Gasteiger partial charge in [0.05, 0.1) is 12.4 Å². The average molecular weight is 269 g/mol. The van der Waals surface area contributed by atoms with Crippen molar-refractivity contribution in [2.24, 2.45) is 0 Å². The molecule has 0 aromatic heterocycles. The number of thioether (sulfide) groups is 1. The van der Waals surface area contributed by atoms with Crippen molar-refractivity contribution >= 4 is 21.8 Å². The Labute approximate surface area is 102 Å². The van der Waals surface area contributed by atoms with Crippen molar-refractivity contribution in [1.29, 1.82) is 0 Å². The van der Waals surface area contributed by atoms with E-state index in [1.165, 1.54) is 6.42 Å². The Morgan fingerprint density at radius 2 is 2.06 bits per heavy atom. The molecule has 2 atom stereocenters. The molecule has 0 aromatic rings. The van der Waals surface area contributed by atoms with E-state index in [4.69, 9.17) is 0 Å². The first-order valence-corrected chi connectivity index (χ1v) is 8.62. The third-order valence-corrected chi connectivity index (χ3v) is 5.54. The zero-order chi connectivity index (χ0) is 12.0. The van der Waals surface area contributed by atoms with E-state index >= 15 is 0 Å². The minimum atomic E-state index is -3.29. The van der Waals surface area contributed by atoms with Crippen LogP contribution < -0.4 is 4.72 Å². The Morgan fingerprint density at radius 1 is 1.38 bits per heavy atom. The van der Waals surface area contributed by atoms with Gasteiger partial charge in [-0.05, 0) is 25.5 Å². The van der Waals surface area contributed by atoms with E-state index in [9.17, 15) is 12.8 Å².